The molecule has 0 amide bonds. The van der Waals surface area contributed by atoms with Crippen LogP contribution >= 0.6 is 11.6 Å². The molecule has 2 aromatic heterocycles. The Morgan fingerprint density at radius 2 is 2.36 bits per heavy atom. The monoisotopic (exact) mass is 209 g/mol. The fourth-order valence-corrected chi connectivity index (χ4v) is 1.74. The smallest absolute Gasteiger partial charge is 0.141 e. The maximum absolute atomic E-state index is 6.08. The highest BCUT2D eigenvalue weighted by molar-refractivity contribution is 6.30. The first kappa shape index (κ1) is 9.49. The van der Waals surface area contributed by atoms with Crippen LogP contribution in [0, 0.1) is 6.92 Å². The number of rotatable bonds is 2. The van der Waals surface area contributed by atoms with Crippen molar-refractivity contribution in [2.75, 3.05) is 6.54 Å². The van der Waals surface area contributed by atoms with E-state index in [4.69, 9.17) is 17.3 Å². The number of aromatic nitrogens is 2. The van der Waals surface area contributed by atoms with Crippen molar-refractivity contribution in [1.82, 2.24) is 9.38 Å². The number of fused-ring (bicyclic) bond motifs is 1. The zero-order valence-corrected chi connectivity index (χ0v) is 8.75. The maximum atomic E-state index is 6.08. The normalized spacial score (nSPS) is 11.1. The molecule has 2 N–H and O–H groups in total. The van der Waals surface area contributed by atoms with Crippen LogP contribution in [0.5, 0.6) is 0 Å². The van der Waals surface area contributed by atoms with Gasteiger partial charge in [-0.2, -0.15) is 0 Å². The lowest BCUT2D eigenvalue weighted by Gasteiger charge is -2.01. The number of nitrogens with zero attached hydrogens (tertiary/aromatic N) is 2. The highest BCUT2D eigenvalue weighted by Gasteiger charge is 2.08. The van der Waals surface area contributed by atoms with Gasteiger partial charge in [-0.25, -0.2) is 4.98 Å². The third-order valence-electron chi connectivity index (χ3n) is 2.25. The van der Waals surface area contributed by atoms with E-state index in [1.54, 1.807) is 0 Å². The molecule has 0 atom stereocenters. The van der Waals surface area contributed by atoms with Gasteiger partial charge in [0.05, 0.1) is 5.69 Å². The number of pyridine rings is 1. The number of imidazole rings is 1. The molecule has 0 spiro atoms. The molecule has 2 aromatic rings. The van der Waals surface area contributed by atoms with E-state index < -0.39 is 0 Å². The number of nitrogens with two attached hydrogens (primary N) is 1. The van der Waals surface area contributed by atoms with Crippen molar-refractivity contribution in [3.05, 3.63) is 34.7 Å². The van der Waals surface area contributed by atoms with Crippen molar-refractivity contribution in [3.63, 3.8) is 0 Å². The predicted octanol–water partition coefficient (Wildman–Crippen LogP) is 1.80. The lowest BCUT2D eigenvalue weighted by atomic mass is 10.2. The van der Waals surface area contributed by atoms with E-state index in [2.05, 4.69) is 4.98 Å². The zero-order chi connectivity index (χ0) is 10.1. The van der Waals surface area contributed by atoms with Crippen molar-refractivity contribution in [2.45, 2.75) is 13.3 Å². The maximum Gasteiger partial charge on any atom is 0.141 e. The highest BCUT2D eigenvalue weighted by atomic mass is 35.5. The van der Waals surface area contributed by atoms with E-state index >= 15 is 0 Å². The van der Waals surface area contributed by atoms with Crippen LogP contribution in [0.2, 0.25) is 5.15 Å². The fourth-order valence-electron chi connectivity index (χ4n) is 1.56. The first-order valence-corrected chi connectivity index (χ1v) is 4.94. The summed E-state index contributed by atoms with van der Waals surface area (Å²) >= 11 is 6.08. The Kier molecular flexibility index (Phi) is 2.44. The Morgan fingerprint density at radius 1 is 1.57 bits per heavy atom. The summed E-state index contributed by atoms with van der Waals surface area (Å²) in [7, 11) is 0. The van der Waals surface area contributed by atoms with Crippen LogP contribution in [0.25, 0.3) is 5.65 Å². The van der Waals surface area contributed by atoms with E-state index in [1.165, 1.54) is 0 Å². The van der Waals surface area contributed by atoms with Gasteiger partial charge in [0.1, 0.15) is 10.8 Å². The summed E-state index contributed by atoms with van der Waals surface area (Å²) in [6.07, 6.45) is 2.74. The minimum absolute atomic E-state index is 0.628. The summed E-state index contributed by atoms with van der Waals surface area (Å²) in [6, 6.07) is 4.00. The van der Waals surface area contributed by atoms with Gasteiger partial charge in [0, 0.05) is 6.20 Å². The number of hydrogen-bond donors (Lipinski definition) is 1. The van der Waals surface area contributed by atoms with Gasteiger partial charge in [0.25, 0.3) is 0 Å². The summed E-state index contributed by atoms with van der Waals surface area (Å²) in [5, 5.41) is 0.680. The lowest BCUT2D eigenvalue weighted by molar-refractivity contribution is 0.960. The van der Waals surface area contributed by atoms with Gasteiger partial charge in [-0.15, -0.1) is 0 Å². The van der Waals surface area contributed by atoms with Gasteiger partial charge in [-0.1, -0.05) is 17.7 Å². The Morgan fingerprint density at radius 3 is 3.07 bits per heavy atom. The predicted molar refractivity (Wildman–Crippen MR) is 57.7 cm³/mol. The second-order valence-electron chi connectivity index (χ2n) is 3.25. The molecule has 0 aliphatic rings. The standard InChI is InChI=1S/C10H12ClN3/c1-7-9(11)14-6-2-3-8(4-5-12)10(14)13-7/h2-3,6H,4-5,12H2,1H3. The van der Waals surface area contributed by atoms with Crippen LogP contribution in [-0.2, 0) is 6.42 Å². The summed E-state index contributed by atoms with van der Waals surface area (Å²) in [6.45, 7) is 2.53. The molecule has 0 aliphatic carbocycles. The van der Waals surface area contributed by atoms with Crippen LogP contribution in [0.1, 0.15) is 11.3 Å². The van der Waals surface area contributed by atoms with Gasteiger partial charge in [0.15, 0.2) is 0 Å². The third-order valence-corrected chi connectivity index (χ3v) is 2.70. The van der Waals surface area contributed by atoms with Crippen LogP contribution < -0.4 is 5.73 Å². The number of aryl methyl sites for hydroxylation is 1. The fraction of sp³-hybridized carbons (Fsp3) is 0.300. The van der Waals surface area contributed by atoms with Gasteiger partial charge in [-0.3, -0.25) is 4.40 Å². The quantitative estimate of drug-likeness (QED) is 0.820. The molecule has 2 heterocycles. The zero-order valence-electron chi connectivity index (χ0n) is 8.00. The molecule has 4 heteroatoms. The first-order chi connectivity index (χ1) is 6.74. The summed E-state index contributed by atoms with van der Waals surface area (Å²) in [4.78, 5) is 4.41. The Balaban J connectivity index is 2.68. The van der Waals surface area contributed by atoms with Gasteiger partial charge >= 0.3 is 0 Å². The largest absolute Gasteiger partial charge is 0.330 e. The van der Waals surface area contributed by atoms with E-state index in [0.29, 0.717) is 11.7 Å². The SMILES string of the molecule is Cc1nc2c(CCN)cccn2c1Cl. The lowest BCUT2D eigenvalue weighted by Crippen LogP contribution is -2.04. The second-order valence-corrected chi connectivity index (χ2v) is 3.61. The molecule has 0 radical (unpaired) electrons. The molecule has 0 fully saturated rings. The van der Waals surface area contributed by atoms with E-state index in [1.807, 2.05) is 29.7 Å². The summed E-state index contributed by atoms with van der Waals surface area (Å²) < 4.78 is 1.89. The van der Waals surface area contributed by atoms with Crippen LogP contribution in [-0.4, -0.2) is 15.9 Å². The summed E-state index contributed by atoms with van der Waals surface area (Å²) in [5.41, 5.74) is 8.44. The minimum atomic E-state index is 0.628. The molecular formula is C10H12ClN3. The van der Waals surface area contributed by atoms with Crippen molar-refractivity contribution in [1.29, 1.82) is 0 Å². The molecular weight excluding hydrogens is 198 g/mol. The molecule has 2 rings (SSSR count). The van der Waals surface area contributed by atoms with Gasteiger partial charge in [0.2, 0.25) is 0 Å². The highest BCUT2D eigenvalue weighted by Crippen LogP contribution is 2.19. The third kappa shape index (κ3) is 1.38. The average molecular weight is 210 g/mol. The molecule has 14 heavy (non-hydrogen) atoms. The van der Waals surface area contributed by atoms with E-state index in [9.17, 15) is 0 Å². The summed E-state index contributed by atoms with van der Waals surface area (Å²) in [5.74, 6) is 0. The molecule has 0 saturated carbocycles. The Bertz CT molecular complexity index is 462. The Labute approximate surface area is 87.5 Å². The van der Waals surface area contributed by atoms with E-state index in [-0.39, 0.29) is 0 Å². The average Bonchev–Trinajstić information content (AvgIpc) is 2.46. The molecule has 0 aliphatic heterocycles. The Hall–Kier alpha value is -1.06. The van der Waals surface area contributed by atoms with Crippen LogP contribution in [0.3, 0.4) is 0 Å². The number of hydrogen-bond acceptors (Lipinski definition) is 2. The minimum Gasteiger partial charge on any atom is -0.330 e. The van der Waals surface area contributed by atoms with Crippen LogP contribution in [0.4, 0.5) is 0 Å². The number of halogens is 1. The van der Waals surface area contributed by atoms with Crippen molar-refractivity contribution < 1.29 is 0 Å². The van der Waals surface area contributed by atoms with Crippen molar-refractivity contribution in [2.24, 2.45) is 5.73 Å². The first-order valence-electron chi connectivity index (χ1n) is 4.56. The second kappa shape index (κ2) is 3.59. The van der Waals surface area contributed by atoms with Crippen molar-refractivity contribution >= 4 is 17.2 Å². The molecule has 0 saturated heterocycles. The molecule has 0 bridgehead atoms. The topological polar surface area (TPSA) is 43.3 Å². The molecule has 3 nitrogen and oxygen atoms in total. The van der Waals surface area contributed by atoms with E-state index in [0.717, 1.165) is 23.3 Å². The van der Waals surface area contributed by atoms with Gasteiger partial charge < -0.3 is 5.73 Å². The molecule has 0 unspecified atom stereocenters. The molecule has 0 aromatic carbocycles. The van der Waals surface area contributed by atoms with Gasteiger partial charge in [-0.05, 0) is 31.5 Å². The van der Waals surface area contributed by atoms with Crippen molar-refractivity contribution in [3.8, 4) is 0 Å². The van der Waals surface area contributed by atoms with Crippen LogP contribution in [0.15, 0.2) is 18.3 Å². The molecule has 74 valence electrons.